The average Bonchev–Trinajstić information content (AvgIpc) is 2.71. The molecule has 28 heavy (non-hydrogen) atoms. The van der Waals surface area contributed by atoms with Crippen LogP contribution in [0.5, 0.6) is 0 Å². The molecule has 0 bridgehead atoms. The second-order valence-corrected chi connectivity index (χ2v) is 9.12. The van der Waals surface area contributed by atoms with E-state index >= 15 is 0 Å². The molecule has 3 aromatic carbocycles. The third kappa shape index (κ3) is 3.84. The first-order chi connectivity index (χ1) is 13.5. The molecule has 0 amide bonds. The largest absolute Gasteiger partial charge is 0.315 e. The Labute approximate surface area is 170 Å². The van der Waals surface area contributed by atoms with Crippen molar-refractivity contribution in [1.82, 2.24) is 0 Å². The molecule has 6 heteroatoms. The smallest absolute Gasteiger partial charge is 0.286 e. The molecule has 0 spiro atoms. The van der Waals surface area contributed by atoms with E-state index in [0.717, 1.165) is 5.56 Å². The van der Waals surface area contributed by atoms with E-state index < -0.39 is 10.0 Å². The van der Waals surface area contributed by atoms with Gasteiger partial charge < -0.3 is 4.90 Å². The van der Waals surface area contributed by atoms with Crippen LogP contribution in [-0.4, -0.2) is 13.6 Å². The molecule has 4 nitrogen and oxygen atoms in total. The number of aryl methyl sites for hydroxylation is 1. The number of thioether (sulfide) groups is 1. The lowest BCUT2D eigenvalue weighted by Gasteiger charge is -2.30. The van der Waals surface area contributed by atoms with Gasteiger partial charge in [-0.2, -0.15) is 8.42 Å². The van der Waals surface area contributed by atoms with Crippen LogP contribution in [0.25, 0.3) is 0 Å². The van der Waals surface area contributed by atoms with Crippen LogP contribution in [0.15, 0.2) is 88.2 Å². The third-order valence-electron chi connectivity index (χ3n) is 4.66. The van der Waals surface area contributed by atoms with Gasteiger partial charge in [-0.05, 0) is 35.7 Å². The van der Waals surface area contributed by atoms with Gasteiger partial charge in [-0.25, -0.2) is 0 Å². The molecule has 1 heterocycles. The second-order valence-electron chi connectivity index (χ2n) is 6.60. The summed E-state index contributed by atoms with van der Waals surface area (Å²) < 4.78 is 29.6. The summed E-state index contributed by atoms with van der Waals surface area (Å²) in [6, 6.07) is 25.2. The van der Waals surface area contributed by atoms with E-state index in [4.69, 9.17) is 0 Å². The highest BCUT2D eigenvalue weighted by Gasteiger charge is 2.30. The highest BCUT2D eigenvalue weighted by molar-refractivity contribution is 8.14. The molecule has 1 aliphatic heterocycles. The maximum absolute atomic E-state index is 12.7. The summed E-state index contributed by atoms with van der Waals surface area (Å²) in [6.45, 7) is 2.62. The van der Waals surface area contributed by atoms with E-state index in [9.17, 15) is 8.42 Å². The SMILES string of the molecule is Cc1ccccc1CSC1=NS(=O)(=O)c2ccccc2N1Cc1ccccc1. The summed E-state index contributed by atoms with van der Waals surface area (Å²) in [5.74, 6) is 0.661. The minimum atomic E-state index is -3.71. The van der Waals surface area contributed by atoms with Crippen molar-refractivity contribution in [2.75, 3.05) is 4.90 Å². The van der Waals surface area contributed by atoms with Gasteiger partial charge in [0.15, 0.2) is 5.17 Å². The summed E-state index contributed by atoms with van der Waals surface area (Å²) in [7, 11) is -3.71. The highest BCUT2D eigenvalue weighted by atomic mass is 32.2. The molecule has 0 fully saturated rings. The van der Waals surface area contributed by atoms with Crippen molar-refractivity contribution < 1.29 is 8.42 Å². The van der Waals surface area contributed by atoms with Crippen LogP contribution in [0.2, 0.25) is 0 Å². The van der Waals surface area contributed by atoms with Crippen LogP contribution in [0, 0.1) is 6.92 Å². The van der Waals surface area contributed by atoms with Crippen LogP contribution in [-0.2, 0) is 22.3 Å². The molecular formula is C22H20N2O2S2. The number of para-hydroxylation sites is 1. The van der Waals surface area contributed by atoms with Gasteiger partial charge in [0.25, 0.3) is 10.0 Å². The zero-order chi connectivity index (χ0) is 19.6. The van der Waals surface area contributed by atoms with E-state index in [2.05, 4.69) is 23.5 Å². The Morgan fingerprint density at radius 1 is 0.893 bits per heavy atom. The fraction of sp³-hybridized carbons (Fsp3) is 0.136. The number of nitrogens with zero attached hydrogens (tertiary/aromatic N) is 2. The Morgan fingerprint density at radius 2 is 1.57 bits per heavy atom. The molecule has 142 valence electrons. The number of fused-ring (bicyclic) bond motifs is 1. The average molecular weight is 409 g/mol. The van der Waals surface area contributed by atoms with Gasteiger partial charge in [-0.1, -0.05) is 78.5 Å². The van der Waals surface area contributed by atoms with Crippen molar-refractivity contribution in [3.05, 3.63) is 95.6 Å². The monoisotopic (exact) mass is 408 g/mol. The molecule has 0 atom stereocenters. The summed E-state index contributed by atoms with van der Waals surface area (Å²) in [5, 5.41) is 0.505. The topological polar surface area (TPSA) is 49.7 Å². The fourth-order valence-corrected chi connectivity index (χ4v) is 5.67. The highest BCUT2D eigenvalue weighted by Crippen LogP contribution is 2.36. The number of benzene rings is 3. The molecule has 3 aromatic rings. The lowest BCUT2D eigenvalue weighted by atomic mass is 10.1. The van der Waals surface area contributed by atoms with Crippen molar-refractivity contribution in [3.8, 4) is 0 Å². The summed E-state index contributed by atoms with van der Waals surface area (Å²) in [6.07, 6.45) is 0. The van der Waals surface area contributed by atoms with Gasteiger partial charge in [0.05, 0.1) is 12.2 Å². The molecule has 4 rings (SSSR count). The zero-order valence-electron chi connectivity index (χ0n) is 15.4. The van der Waals surface area contributed by atoms with E-state index in [1.165, 1.54) is 22.9 Å². The summed E-state index contributed by atoms with van der Waals surface area (Å²) >= 11 is 1.45. The Kier molecular flexibility index (Phi) is 5.24. The van der Waals surface area contributed by atoms with E-state index in [-0.39, 0.29) is 4.90 Å². The maximum Gasteiger partial charge on any atom is 0.286 e. The van der Waals surface area contributed by atoms with Crippen LogP contribution in [0.1, 0.15) is 16.7 Å². The van der Waals surface area contributed by atoms with Gasteiger partial charge in [-0.15, -0.1) is 4.40 Å². The van der Waals surface area contributed by atoms with Crippen LogP contribution >= 0.6 is 11.8 Å². The molecule has 0 aliphatic carbocycles. The van der Waals surface area contributed by atoms with Crippen LogP contribution < -0.4 is 4.90 Å². The number of hydrogen-bond acceptors (Lipinski definition) is 4. The van der Waals surface area contributed by atoms with Crippen LogP contribution in [0.4, 0.5) is 5.69 Å². The fourth-order valence-electron chi connectivity index (χ4n) is 3.14. The van der Waals surface area contributed by atoms with Crippen LogP contribution in [0.3, 0.4) is 0 Å². The normalized spacial score (nSPS) is 15.0. The van der Waals surface area contributed by atoms with Crippen molar-refractivity contribution in [2.24, 2.45) is 4.40 Å². The van der Waals surface area contributed by atoms with Gasteiger partial charge in [0, 0.05) is 5.75 Å². The van der Waals surface area contributed by atoms with Crippen molar-refractivity contribution in [1.29, 1.82) is 0 Å². The van der Waals surface area contributed by atoms with E-state index in [1.54, 1.807) is 12.1 Å². The van der Waals surface area contributed by atoms with E-state index in [1.807, 2.05) is 59.5 Å². The molecule has 1 aliphatic rings. The third-order valence-corrected chi connectivity index (χ3v) is 7.12. The molecule has 0 N–H and O–H groups in total. The predicted molar refractivity (Wildman–Crippen MR) is 116 cm³/mol. The Balaban J connectivity index is 1.71. The minimum absolute atomic E-state index is 0.256. The first kappa shape index (κ1) is 18.8. The number of anilines is 1. The number of rotatable bonds is 4. The Morgan fingerprint density at radius 3 is 2.36 bits per heavy atom. The number of sulfonamides is 1. The second kappa shape index (κ2) is 7.81. The lowest BCUT2D eigenvalue weighted by Crippen LogP contribution is -2.33. The molecule has 0 saturated carbocycles. The maximum atomic E-state index is 12.7. The number of hydrogen-bond donors (Lipinski definition) is 0. The standard InChI is InChI=1S/C22H20N2O2S2/c1-17-9-5-6-12-19(17)16-27-22-23-28(25,26)21-14-8-7-13-20(21)24(22)15-18-10-3-2-4-11-18/h2-14H,15-16H2,1H3. The minimum Gasteiger partial charge on any atom is -0.315 e. The molecule has 0 saturated heterocycles. The molecular weight excluding hydrogens is 388 g/mol. The van der Waals surface area contributed by atoms with Crippen molar-refractivity contribution >= 4 is 32.6 Å². The molecule has 0 radical (unpaired) electrons. The van der Waals surface area contributed by atoms with Gasteiger partial charge >= 0.3 is 0 Å². The van der Waals surface area contributed by atoms with Gasteiger partial charge in [-0.3, -0.25) is 0 Å². The molecule has 0 aromatic heterocycles. The van der Waals surface area contributed by atoms with Crippen molar-refractivity contribution in [3.63, 3.8) is 0 Å². The van der Waals surface area contributed by atoms with Crippen molar-refractivity contribution in [2.45, 2.75) is 24.1 Å². The first-order valence-electron chi connectivity index (χ1n) is 8.97. The zero-order valence-corrected chi connectivity index (χ0v) is 17.1. The Hall–Kier alpha value is -2.57. The summed E-state index contributed by atoms with van der Waals surface area (Å²) in [5.41, 5.74) is 4.13. The quantitative estimate of drug-likeness (QED) is 0.610. The molecule has 0 unspecified atom stereocenters. The van der Waals surface area contributed by atoms with Gasteiger partial charge in [0.1, 0.15) is 4.90 Å². The van der Waals surface area contributed by atoms with E-state index in [0.29, 0.717) is 23.2 Å². The Bertz CT molecular complexity index is 1130. The lowest BCUT2D eigenvalue weighted by molar-refractivity contribution is 0.597. The summed E-state index contributed by atoms with van der Waals surface area (Å²) in [4.78, 5) is 2.25. The predicted octanol–water partition coefficient (Wildman–Crippen LogP) is 4.99. The van der Waals surface area contributed by atoms with Gasteiger partial charge in [0.2, 0.25) is 0 Å². The number of amidine groups is 1. The first-order valence-corrected chi connectivity index (χ1v) is 11.4.